The molecule has 0 aliphatic rings. The summed E-state index contributed by atoms with van der Waals surface area (Å²) in [4.78, 5) is 0. The molecule has 0 atom stereocenters. The first kappa shape index (κ1) is 13.7. The van der Waals surface area contributed by atoms with Gasteiger partial charge in [-0.2, -0.15) is 0 Å². The van der Waals surface area contributed by atoms with Crippen LogP contribution in [-0.2, 0) is 0 Å². The molecule has 4 heteroatoms. The van der Waals surface area contributed by atoms with Crippen molar-refractivity contribution in [1.82, 2.24) is 0 Å². The van der Waals surface area contributed by atoms with E-state index in [0.29, 0.717) is 5.46 Å². The fourth-order valence-corrected chi connectivity index (χ4v) is 1.85. The van der Waals surface area contributed by atoms with Gasteiger partial charge in [0, 0.05) is 2.85 Å². The lowest BCUT2D eigenvalue weighted by Gasteiger charge is -2.10. The molecule has 2 rings (SSSR count). The van der Waals surface area contributed by atoms with Gasteiger partial charge in [-0.1, -0.05) is 36.4 Å². The summed E-state index contributed by atoms with van der Waals surface area (Å²) < 4.78 is 5.59. The first-order chi connectivity index (χ1) is 9.06. The lowest BCUT2D eigenvalue weighted by molar-refractivity contribution is 0.242. The van der Waals surface area contributed by atoms with Gasteiger partial charge in [0.05, 0.1) is 6.10 Å². The minimum Gasteiger partial charge on any atom is -0.491 e. The van der Waals surface area contributed by atoms with Gasteiger partial charge in [-0.3, -0.25) is 0 Å². The van der Waals surface area contributed by atoms with Crippen molar-refractivity contribution in [1.29, 1.82) is 0 Å². The molecule has 102 valence electrons. The van der Waals surface area contributed by atoms with E-state index in [4.69, 9.17) is 14.8 Å². The molecule has 2 aromatic rings. The zero-order valence-electron chi connectivity index (χ0n) is 11.1. The fraction of sp³-hybridized carbons (Fsp3) is 0.200. The molecule has 0 radical (unpaired) electrons. The molecule has 0 amide bonds. The smallest absolute Gasteiger partial charge is 0.488 e. The highest BCUT2D eigenvalue weighted by Gasteiger charge is 2.10. The maximum Gasteiger partial charge on any atom is 0.488 e. The number of hydrogen-bond acceptors (Lipinski definition) is 3. The lowest BCUT2D eigenvalue weighted by atomic mass is 9.80. The molecule has 0 aromatic heterocycles. The Morgan fingerprint density at radius 3 is 1.79 bits per heavy atom. The molecule has 0 spiro atoms. The standard InChI is InChI=1S/C15H17BO3.2H2/c1-11(2)19-15-9-5-13(6-10-15)12-3-7-14(8-4-12)16(17)18;;/h3-11,17-18H,1-2H3;2*1H. The van der Waals surface area contributed by atoms with E-state index >= 15 is 0 Å². The summed E-state index contributed by atoms with van der Waals surface area (Å²) in [5.74, 6) is 0.848. The molecule has 0 heterocycles. The van der Waals surface area contributed by atoms with Gasteiger partial charge >= 0.3 is 7.12 Å². The van der Waals surface area contributed by atoms with Crippen LogP contribution in [0.15, 0.2) is 48.5 Å². The normalized spacial score (nSPS) is 10.6. The van der Waals surface area contributed by atoms with Crippen molar-refractivity contribution in [2.45, 2.75) is 20.0 Å². The highest BCUT2D eigenvalue weighted by Crippen LogP contribution is 2.22. The molecule has 0 aliphatic heterocycles. The maximum atomic E-state index is 9.04. The van der Waals surface area contributed by atoms with Crippen molar-refractivity contribution in [3.8, 4) is 16.9 Å². The number of hydrogen-bond donors (Lipinski definition) is 2. The van der Waals surface area contributed by atoms with Crippen molar-refractivity contribution < 1.29 is 17.6 Å². The molecule has 0 unspecified atom stereocenters. The maximum absolute atomic E-state index is 9.04. The van der Waals surface area contributed by atoms with E-state index in [1.54, 1.807) is 12.1 Å². The predicted octanol–water partition coefficient (Wildman–Crippen LogP) is 2.31. The average Bonchev–Trinajstić information content (AvgIpc) is 2.39. The molecule has 2 N–H and O–H groups in total. The molecular formula is C15H21BO3. The lowest BCUT2D eigenvalue weighted by Crippen LogP contribution is -2.29. The first-order valence-corrected chi connectivity index (χ1v) is 6.29. The number of ether oxygens (including phenoxy) is 1. The molecule has 0 bridgehead atoms. The SMILES string of the molecule is CC(C)Oc1ccc(-c2ccc(B(O)O)cc2)cc1.[HH].[HH]. The van der Waals surface area contributed by atoms with Crippen LogP contribution in [0.2, 0.25) is 0 Å². The quantitative estimate of drug-likeness (QED) is 0.829. The van der Waals surface area contributed by atoms with Crippen LogP contribution in [0.25, 0.3) is 11.1 Å². The molecule has 2 aromatic carbocycles. The Bertz CT molecular complexity index is 528. The second-order valence-electron chi connectivity index (χ2n) is 4.69. The van der Waals surface area contributed by atoms with Gasteiger partial charge in [-0.05, 0) is 42.6 Å². The topological polar surface area (TPSA) is 49.7 Å². The van der Waals surface area contributed by atoms with E-state index in [1.807, 2.05) is 50.2 Å². The molecule has 19 heavy (non-hydrogen) atoms. The van der Waals surface area contributed by atoms with E-state index in [2.05, 4.69) is 0 Å². The Kier molecular flexibility index (Phi) is 4.25. The van der Waals surface area contributed by atoms with Crippen molar-refractivity contribution in [2.75, 3.05) is 0 Å². The van der Waals surface area contributed by atoms with E-state index in [-0.39, 0.29) is 8.96 Å². The van der Waals surface area contributed by atoms with Crippen molar-refractivity contribution >= 4 is 12.6 Å². The summed E-state index contributed by atoms with van der Waals surface area (Å²) in [6.07, 6.45) is 0.163. The Hall–Kier alpha value is -1.78. The van der Waals surface area contributed by atoms with Crippen LogP contribution in [0.5, 0.6) is 5.75 Å². The number of rotatable bonds is 4. The van der Waals surface area contributed by atoms with Gasteiger partial charge in [0.15, 0.2) is 0 Å². The molecule has 0 fully saturated rings. The van der Waals surface area contributed by atoms with E-state index in [0.717, 1.165) is 16.9 Å². The average molecular weight is 260 g/mol. The van der Waals surface area contributed by atoms with E-state index < -0.39 is 7.12 Å². The van der Waals surface area contributed by atoms with Gasteiger partial charge in [-0.15, -0.1) is 0 Å². The van der Waals surface area contributed by atoms with Crippen LogP contribution in [0.4, 0.5) is 0 Å². The third-order valence-corrected chi connectivity index (χ3v) is 2.77. The van der Waals surface area contributed by atoms with Gasteiger partial charge in [0.25, 0.3) is 0 Å². The summed E-state index contributed by atoms with van der Waals surface area (Å²) in [6, 6.07) is 15.0. The van der Waals surface area contributed by atoms with Crippen LogP contribution in [0.3, 0.4) is 0 Å². The second kappa shape index (κ2) is 5.91. The summed E-state index contributed by atoms with van der Waals surface area (Å²) in [5.41, 5.74) is 2.58. The largest absolute Gasteiger partial charge is 0.491 e. The highest BCUT2D eigenvalue weighted by molar-refractivity contribution is 6.58. The monoisotopic (exact) mass is 260 g/mol. The first-order valence-electron chi connectivity index (χ1n) is 6.29. The Morgan fingerprint density at radius 2 is 1.37 bits per heavy atom. The Balaban J connectivity index is 0.00000200. The van der Waals surface area contributed by atoms with Crippen LogP contribution in [0, 0.1) is 0 Å². The van der Waals surface area contributed by atoms with Crippen LogP contribution in [-0.4, -0.2) is 23.3 Å². The Morgan fingerprint density at radius 1 is 0.895 bits per heavy atom. The van der Waals surface area contributed by atoms with Crippen LogP contribution < -0.4 is 10.2 Å². The zero-order chi connectivity index (χ0) is 13.8. The van der Waals surface area contributed by atoms with Gasteiger partial charge < -0.3 is 14.8 Å². The van der Waals surface area contributed by atoms with E-state index in [9.17, 15) is 0 Å². The summed E-state index contributed by atoms with van der Waals surface area (Å²) in [7, 11) is -1.42. The Labute approximate surface area is 116 Å². The van der Waals surface area contributed by atoms with Crippen LogP contribution >= 0.6 is 0 Å². The molecule has 0 aliphatic carbocycles. The van der Waals surface area contributed by atoms with Gasteiger partial charge in [-0.25, -0.2) is 0 Å². The molecule has 3 nitrogen and oxygen atoms in total. The summed E-state index contributed by atoms with van der Waals surface area (Å²) >= 11 is 0. The molecule has 0 saturated heterocycles. The van der Waals surface area contributed by atoms with Crippen molar-refractivity contribution in [3.63, 3.8) is 0 Å². The summed E-state index contributed by atoms with van der Waals surface area (Å²) in [6.45, 7) is 3.99. The van der Waals surface area contributed by atoms with Crippen molar-refractivity contribution in [3.05, 3.63) is 48.5 Å². The van der Waals surface area contributed by atoms with Crippen LogP contribution in [0.1, 0.15) is 16.7 Å². The highest BCUT2D eigenvalue weighted by atomic mass is 16.5. The van der Waals surface area contributed by atoms with Gasteiger partial charge in [0.2, 0.25) is 0 Å². The second-order valence-corrected chi connectivity index (χ2v) is 4.69. The van der Waals surface area contributed by atoms with Gasteiger partial charge in [0.1, 0.15) is 5.75 Å². The molecule has 0 saturated carbocycles. The predicted molar refractivity (Wildman–Crippen MR) is 81.7 cm³/mol. The zero-order valence-corrected chi connectivity index (χ0v) is 11.1. The number of benzene rings is 2. The minimum atomic E-state index is -1.42. The summed E-state index contributed by atoms with van der Waals surface area (Å²) in [5, 5.41) is 18.1. The van der Waals surface area contributed by atoms with E-state index in [1.165, 1.54) is 0 Å². The van der Waals surface area contributed by atoms with Crippen molar-refractivity contribution in [2.24, 2.45) is 0 Å². The third-order valence-electron chi connectivity index (χ3n) is 2.77. The third kappa shape index (κ3) is 3.59. The minimum absolute atomic E-state index is 0. The molecular weight excluding hydrogens is 239 g/mol. The fourth-order valence-electron chi connectivity index (χ4n) is 1.85.